The summed E-state index contributed by atoms with van der Waals surface area (Å²) in [7, 11) is 1.81. The van der Waals surface area contributed by atoms with Crippen molar-refractivity contribution < 1.29 is 18.4 Å². The summed E-state index contributed by atoms with van der Waals surface area (Å²) < 4.78 is 26.8. The molecule has 4 N–H and O–H groups in total. The van der Waals surface area contributed by atoms with Crippen molar-refractivity contribution in [3.8, 4) is 0 Å². The molecule has 0 radical (unpaired) electrons. The third-order valence-corrected chi connectivity index (χ3v) is 6.42. The third kappa shape index (κ3) is 9.42. The molecule has 0 unspecified atom stereocenters. The number of amides is 2. The molecule has 2 amide bonds. The number of rotatable bonds is 14. The highest BCUT2D eigenvalue weighted by atomic mass is 19.1. The van der Waals surface area contributed by atoms with Gasteiger partial charge in [-0.05, 0) is 48.7 Å². The maximum absolute atomic E-state index is 13.7. The number of benzene rings is 3. The number of likely N-dealkylation sites (N-methyl/N-ethyl adjacent to an activating group) is 1. The summed E-state index contributed by atoms with van der Waals surface area (Å²) in [5.74, 6) is -1.86. The summed E-state index contributed by atoms with van der Waals surface area (Å²) in [6, 6.07) is 22.9. The van der Waals surface area contributed by atoms with Crippen LogP contribution in [0.1, 0.15) is 35.4 Å². The molecule has 0 heterocycles. The van der Waals surface area contributed by atoms with Crippen LogP contribution in [0.25, 0.3) is 6.08 Å². The summed E-state index contributed by atoms with van der Waals surface area (Å²) in [5.41, 5.74) is 8.09. The van der Waals surface area contributed by atoms with Gasteiger partial charge in [0.05, 0.1) is 6.04 Å². The van der Waals surface area contributed by atoms with Gasteiger partial charge in [-0.1, -0.05) is 60.7 Å². The Morgan fingerprint density at radius 1 is 0.949 bits per heavy atom. The first-order valence-electron chi connectivity index (χ1n) is 13.1. The van der Waals surface area contributed by atoms with Gasteiger partial charge in [0.15, 0.2) is 0 Å². The minimum Gasteiger partial charge on any atom is -0.351 e. The van der Waals surface area contributed by atoms with Crippen LogP contribution in [0.15, 0.2) is 84.9 Å². The van der Waals surface area contributed by atoms with E-state index >= 15 is 0 Å². The lowest BCUT2D eigenvalue weighted by Gasteiger charge is -2.29. The second-order valence-electron chi connectivity index (χ2n) is 9.32. The van der Waals surface area contributed by atoms with Gasteiger partial charge >= 0.3 is 0 Å². The summed E-state index contributed by atoms with van der Waals surface area (Å²) in [5, 5.41) is 5.95. The highest BCUT2D eigenvalue weighted by Gasteiger charge is 2.24. The third-order valence-electron chi connectivity index (χ3n) is 6.42. The van der Waals surface area contributed by atoms with Gasteiger partial charge in [0.25, 0.3) is 0 Å². The quantitative estimate of drug-likeness (QED) is 0.215. The second kappa shape index (κ2) is 15.5. The first-order valence-corrected chi connectivity index (χ1v) is 13.1. The van der Waals surface area contributed by atoms with Crippen molar-refractivity contribution in [1.29, 1.82) is 0 Å². The predicted molar refractivity (Wildman–Crippen MR) is 151 cm³/mol. The van der Waals surface area contributed by atoms with Gasteiger partial charge in [-0.25, -0.2) is 8.78 Å². The number of halogens is 2. The summed E-state index contributed by atoms with van der Waals surface area (Å²) >= 11 is 0. The van der Waals surface area contributed by atoms with Crippen LogP contribution in [-0.2, 0) is 9.59 Å². The fourth-order valence-electron chi connectivity index (χ4n) is 4.33. The number of hydrogen-bond acceptors (Lipinski definition) is 4. The Hall–Kier alpha value is -3.88. The number of nitrogens with two attached hydrogens (primary N) is 1. The molecule has 0 bridgehead atoms. The van der Waals surface area contributed by atoms with E-state index in [2.05, 4.69) is 34.9 Å². The van der Waals surface area contributed by atoms with Gasteiger partial charge in [0.1, 0.15) is 11.6 Å². The number of carbonyl (C=O) groups excluding carboxylic acids is 2. The van der Waals surface area contributed by atoms with Crippen molar-refractivity contribution in [3.63, 3.8) is 0 Å². The van der Waals surface area contributed by atoms with Crippen LogP contribution < -0.4 is 16.4 Å². The Labute approximate surface area is 228 Å². The molecule has 0 aliphatic carbocycles. The smallest absolute Gasteiger partial charge is 0.244 e. The van der Waals surface area contributed by atoms with Crippen LogP contribution in [0.5, 0.6) is 0 Å². The highest BCUT2D eigenvalue weighted by Crippen LogP contribution is 2.25. The lowest BCUT2D eigenvalue weighted by molar-refractivity contribution is -0.132. The fourth-order valence-corrected chi connectivity index (χ4v) is 4.33. The van der Waals surface area contributed by atoms with E-state index in [1.165, 1.54) is 18.2 Å². The maximum Gasteiger partial charge on any atom is 0.244 e. The average molecular weight is 535 g/mol. The van der Waals surface area contributed by atoms with E-state index in [0.717, 1.165) is 23.3 Å². The van der Waals surface area contributed by atoms with Gasteiger partial charge in [-0.2, -0.15) is 0 Å². The van der Waals surface area contributed by atoms with Gasteiger partial charge in [0.2, 0.25) is 11.8 Å². The molecule has 206 valence electrons. The number of hydrogen-bond donors (Lipinski definition) is 3. The van der Waals surface area contributed by atoms with Crippen LogP contribution in [0, 0.1) is 11.6 Å². The van der Waals surface area contributed by atoms with E-state index in [9.17, 15) is 18.4 Å². The molecular formula is C31H36F2N4O2. The van der Waals surface area contributed by atoms with Crippen molar-refractivity contribution in [1.82, 2.24) is 15.5 Å². The van der Waals surface area contributed by atoms with Crippen molar-refractivity contribution in [2.24, 2.45) is 5.73 Å². The van der Waals surface area contributed by atoms with E-state index in [-0.39, 0.29) is 23.9 Å². The molecular weight excluding hydrogens is 498 g/mol. The van der Waals surface area contributed by atoms with Gasteiger partial charge < -0.3 is 21.3 Å². The van der Waals surface area contributed by atoms with E-state index in [4.69, 9.17) is 5.73 Å². The zero-order chi connectivity index (χ0) is 28.0. The molecule has 0 saturated carbocycles. The number of nitrogens with zero attached hydrogens (tertiary/aromatic N) is 1. The first-order chi connectivity index (χ1) is 18.9. The lowest BCUT2D eigenvalue weighted by Crippen LogP contribution is -2.48. The maximum atomic E-state index is 13.7. The largest absolute Gasteiger partial charge is 0.351 e. The Kier molecular flexibility index (Phi) is 11.8. The molecule has 0 aromatic heterocycles. The van der Waals surface area contributed by atoms with Crippen LogP contribution >= 0.6 is 0 Å². The molecule has 0 aliphatic heterocycles. The van der Waals surface area contributed by atoms with Crippen molar-refractivity contribution in [2.75, 3.05) is 33.2 Å². The molecule has 0 aliphatic rings. The minimum absolute atomic E-state index is 0.0218. The van der Waals surface area contributed by atoms with Crippen molar-refractivity contribution >= 4 is 17.9 Å². The predicted octanol–water partition coefficient (Wildman–Crippen LogP) is 4.08. The molecule has 3 aromatic carbocycles. The van der Waals surface area contributed by atoms with E-state index in [0.29, 0.717) is 32.5 Å². The molecule has 6 nitrogen and oxygen atoms in total. The number of carbonyl (C=O) groups is 2. The van der Waals surface area contributed by atoms with Gasteiger partial charge in [0, 0.05) is 50.3 Å². The Morgan fingerprint density at radius 3 is 2.18 bits per heavy atom. The van der Waals surface area contributed by atoms with Crippen LogP contribution in [0.3, 0.4) is 0 Å². The van der Waals surface area contributed by atoms with E-state index < -0.39 is 23.6 Å². The van der Waals surface area contributed by atoms with Crippen LogP contribution in [0.4, 0.5) is 8.78 Å². The van der Waals surface area contributed by atoms with E-state index in [1.54, 1.807) is 11.9 Å². The molecule has 8 heteroatoms. The zero-order valence-electron chi connectivity index (χ0n) is 22.2. The van der Waals surface area contributed by atoms with Crippen molar-refractivity contribution in [2.45, 2.75) is 24.8 Å². The lowest BCUT2D eigenvalue weighted by atomic mass is 9.90. The normalized spacial score (nSPS) is 12.0. The standard InChI is InChI=1S/C31H36F2N4O2/c1-37(22-27(23-9-4-2-5-10-23)24-11-6-3-7-12-24)31(39)29(13-8-18-34)35-19-20-36-30(38)17-15-25-14-16-26(32)21-28(25)33/h2-7,9-12,14-17,21,27,29,35H,8,13,18-20,22,34H2,1H3,(H,36,38)/b17-15+/t29-/m0/s1. The first kappa shape index (κ1) is 29.7. The molecule has 0 fully saturated rings. The van der Waals surface area contributed by atoms with Gasteiger partial charge in [-0.3, -0.25) is 9.59 Å². The summed E-state index contributed by atoms with van der Waals surface area (Å²) in [6.45, 7) is 1.60. The topological polar surface area (TPSA) is 87.5 Å². The molecule has 3 rings (SSSR count). The van der Waals surface area contributed by atoms with Crippen LogP contribution in [-0.4, -0.2) is 56.0 Å². The summed E-state index contributed by atoms with van der Waals surface area (Å²) in [4.78, 5) is 27.3. The molecule has 3 aromatic rings. The number of nitrogens with one attached hydrogen (secondary N) is 2. The monoisotopic (exact) mass is 534 g/mol. The van der Waals surface area contributed by atoms with Crippen LogP contribution in [0.2, 0.25) is 0 Å². The summed E-state index contributed by atoms with van der Waals surface area (Å²) in [6.07, 6.45) is 3.72. The van der Waals surface area contributed by atoms with E-state index in [1.807, 2.05) is 36.4 Å². The van der Waals surface area contributed by atoms with Crippen molar-refractivity contribution in [3.05, 3.63) is 113 Å². The fraction of sp³-hybridized carbons (Fsp3) is 0.290. The molecule has 39 heavy (non-hydrogen) atoms. The van der Waals surface area contributed by atoms with Gasteiger partial charge in [-0.15, -0.1) is 0 Å². The minimum atomic E-state index is -0.743. The average Bonchev–Trinajstić information content (AvgIpc) is 2.95. The SMILES string of the molecule is CN(CC(c1ccccc1)c1ccccc1)C(=O)[C@H](CCCN)NCCNC(=O)/C=C/c1ccc(F)cc1F. The Morgan fingerprint density at radius 2 is 1.59 bits per heavy atom. The molecule has 0 saturated heterocycles. The second-order valence-corrected chi connectivity index (χ2v) is 9.32. The molecule has 1 atom stereocenters. The Bertz CT molecular complexity index is 1180. The highest BCUT2D eigenvalue weighted by molar-refractivity contribution is 5.91. The molecule has 0 spiro atoms. The Balaban J connectivity index is 1.56. The zero-order valence-corrected chi connectivity index (χ0v) is 22.2.